The SMILES string of the molecule is CCc1nc(C)ccc1Oc1ncccc1CC(C)N. The van der Waals surface area contributed by atoms with Crippen LogP contribution in [0.15, 0.2) is 30.5 Å². The smallest absolute Gasteiger partial charge is 0.222 e. The maximum atomic E-state index is 5.96. The van der Waals surface area contributed by atoms with Gasteiger partial charge in [-0.05, 0) is 44.9 Å². The third-order valence-electron chi connectivity index (χ3n) is 3.01. The summed E-state index contributed by atoms with van der Waals surface area (Å²) in [5, 5.41) is 0. The van der Waals surface area contributed by atoms with Gasteiger partial charge in [-0.15, -0.1) is 0 Å². The summed E-state index contributed by atoms with van der Waals surface area (Å²) in [5.41, 5.74) is 8.82. The van der Waals surface area contributed by atoms with Gasteiger partial charge in [-0.1, -0.05) is 13.0 Å². The van der Waals surface area contributed by atoms with Gasteiger partial charge in [0.25, 0.3) is 0 Å². The van der Waals surface area contributed by atoms with Crippen LogP contribution in [0.1, 0.15) is 30.8 Å². The first-order chi connectivity index (χ1) is 9.60. The Morgan fingerprint density at radius 2 is 2.10 bits per heavy atom. The predicted molar refractivity (Wildman–Crippen MR) is 80.0 cm³/mol. The van der Waals surface area contributed by atoms with Crippen LogP contribution in [0.25, 0.3) is 0 Å². The van der Waals surface area contributed by atoms with Crippen LogP contribution in [0.2, 0.25) is 0 Å². The predicted octanol–water partition coefficient (Wildman–Crippen LogP) is 3.03. The highest BCUT2D eigenvalue weighted by molar-refractivity contribution is 5.36. The van der Waals surface area contributed by atoms with Crippen molar-refractivity contribution in [2.75, 3.05) is 0 Å². The Morgan fingerprint density at radius 3 is 2.80 bits per heavy atom. The third-order valence-corrected chi connectivity index (χ3v) is 3.01. The van der Waals surface area contributed by atoms with E-state index in [1.807, 2.05) is 38.1 Å². The van der Waals surface area contributed by atoms with Crippen LogP contribution in [0, 0.1) is 6.92 Å². The molecule has 4 nitrogen and oxygen atoms in total. The Bertz CT molecular complexity index is 582. The lowest BCUT2D eigenvalue weighted by Gasteiger charge is -2.13. The molecule has 2 aromatic rings. The summed E-state index contributed by atoms with van der Waals surface area (Å²) in [7, 11) is 0. The molecule has 4 heteroatoms. The fourth-order valence-electron chi connectivity index (χ4n) is 2.07. The number of ether oxygens (including phenoxy) is 1. The Balaban J connectivity index is 2.30. The number of nitrogens with zero attached hydrogens (tertiary/aromatic N) is 2. The highest BCUT2D eigenvalue weighted by Crippen LogP contribution is 2.26. The van der Waals surface area contributed by atoms with Gasteiger partial charge in [-0.2, -0.15) is 0 Å². The van der Waals surface area contributed by atoms with Gasteiger partial charge in [0.05, 0.1) is 5.69 Å². The monoisotopic (exact) mass is 271 g/mol. The van der Waals surface area contributed by atoms with Gasteiger partial charge < -0.3 is 10.5 Å². The van der Waals surface area contributed by atoms with Gasteiger partial charge in [0.2, 0.25) is 5.88 Å². The highest BCUT2D eigenvalue weighted by Gasteiger charge is 2.11. The Morgan fingerprint density at radius 1 is 1.30 bits per heavy atom. The van der Waals surface area contributed by atoms with Gasteiger partial charge >= 0.3 is 0 Å². The largest absolute Gasteiger partial charge is 0.437 e. The van der Waals surface area contributed by atoms with E-state index in [1.54, 1.807) is 6.20 Å². The molecule has 2 rings (SSSR count). The molecule has 0 saturated heterocycles. The summed E-state index contributed by atoms with van der Waals surface area (Å²) in [5.74, 6) is 1.38. The van der Waals surface area contributed by atoms with Crippen molar-refractivity contribution in [3.63, 3.8) is 0 Å². The third kappa shape index (κ3) is 3.54. The molecule has 106 valence electrons. The van der Waals surface area contributed by atoms with Crippen LogP contribution in [-0.4, -0.2) is 16.0 Å². The molecule has 0 saturated carbocycles. The van der Waals surface area contributed by atoms with Gasteiger partial charge in [-0.25, -0.2) is 4.98 Å². The zero-order valence-corrected chi connectivity index (χ0v) is 12.3. The topological polar surface area (TPSA) is 61.0 Å². The van der Waals surface area contributed by atoms with E-state index in [4.69, 9.17) is 10.5 Å². The first kappa shape index (κ1) is 14.5. The van der Waals surface area contributed by atoms with E-state index < -0.39 is 0 Å². The Kier molecular flexibility index (Phi) is 4.69. The number of hydrogen-bond acceptors (Lipinski definition) is 4. The number of hydrogen-bond donors (Lipinski definition) is 1. The maximum Gasteiger partial charge on any atom is 0.222 e. The van der Waals surface area contributed by atoms with Gasteiger partial charge in [-0.3, -0.25) is 4.98 Å². The van der Waals surface area contributed by atoms with Crippen molar-refractivity contribution in [1.82, 2.24) is 9.97 Å². The molecule has 0 fully saturated rings. The van der Waals surface area contributed by atoms with E-state index in [2.05, 4.69) is 16.9 Å². The highest BCUT2D eigenvalue weighted by atomic mass is 16.5. The maximum absolute atomic E-state index is 5.96. The molecule has 0 aliphatic rings. The van der Waals surface area contributed by atoms with Crippen LogP contribution >= 0.6 is 0 Å². The van der Waals surface area contributed by atoms with Crippen LogP contribution in [0.5, 0.6) is 11.6 Å². The molecule has 20 heavy (non-hydrogen) atoms. The van der Waals surface area contributed by atoms with Crippen molar-refractivity contribution in [3.05, 3.63) is 47.4 Å². The molecule has 0 spiro atoms. The number of aromatic nitrogens is 2. The van der Waals surface area contributed by atoms with Crippen LogP contribution in [0.3, 0.4) is 0 Å². The fraction of sp³-hybridized carbons (Fsp3) is 0.375. The van der Waals surface area contributed by atoms with E-state index in [1.165, 1.54) is 0 Å². The molecule has 1 atom stereocenters. The van der Waals surface area contributed by atoms with E-state index in [0.29, 0.717) is 5.88 Å². The molecular weight excluding hydrogens is 250 g/mol. The standard InChI is InChI=1S/C16H21N3O/c1-4-14-15(8-7-12(3)19-14)20-16-13(10-11(2)17)6-5-9-18-16/h5-9,11H,4,10,17H2,1-3H3. The lowest BCUT2D eigenvalue weighted by Crippen LogP contribution is -2.18. The average molecular weight is 271 g/mol. The number of rotatable bonds is 5. The summed E-state index contributed by atoms with van der Waals surface area (Å²) < 4.78 is 5.96. The minimum absolute atomic E-state index is 0.0725. The van der Waals surface area contributed by atoms with Crippen LogP contribution < -0.4 is 10.5 Å². The molecule has 0 radical (unpaired) electrons. The van der Waals surface area contributed by atoms with Gasteiger partial charge in [0.15, 0.2) is 5.75 Å². The zero-order chi connectivity index (χ0) is 14.5. The molecule has 0 bridgehead atoms. The van der Waals surface area contributed by atoms with Crippen LogP contribution in [0.4, 0.5) is 0 Å². The lowest BCUT2D eigenvalue weighted by atomic mass is 10.1. The minimum Gasteiger partial charge on any atom is -0.437 e. The molecule has 0 amide bonds. The second-order valence-corrected chi connectivity index (χ2v) is 5.00. The van der Waals surface area contributed by atoms with Crippen LogP contribution in [-0.2, 0) is 12.8 Å². The lowest BCUT2D eigenvalue weighted by molar-refractivity contribution is 0.445. The zero-order valence-electron chi connectivity index (χ0n) is 12.3. The number of aryl methyl sites for hydroxylation is 2. The van der Waals surface area contributed by atoms with Crippen molar-refractivity contribution in [1.29, 1.82) is 0 Å². The molecule has 0 aliphatic heterocycles. The normalized spacial score (nSPS) is 12.2. The Hall–Kier alpha value is -1.94. The quantitative estimate of drug-likeness (QED) is 0.908. The van der Waals surface area contributed by atoms with E-state index >= 15 is 0 Å². The second-order valence-electron chi connectivity index (χ2n) is 5.00. The van der Waals surface area contributed by atoms with Crippen molar-refractivity contribution in [3.8, 4) is 11.6 Å². The van der Waals surface area contributed by atoms with E-state index in [9.17, 15) is 0 Å². The molecule has 2 aromatic heterocycles. The molecule has 2 N–H and O–H groups in total. The van der Waals surface area contributed by atoms with Crippen molar-refractivity contribution in [2.45, 2.75) is 39.7 Å². The fourth-order valence-corrected chi connectivity index (χ4v) is 2.07. The van der Waals surface area contributed by atoms with Gasteiger partial charge in [0, 0.05) is 23.5 Å². The van der Waals surface area contributed by atoms with Gasteiger partial charge in [0.1, 0.15) is 0 Å². The van der Waals surface area contributed by atoms with Crippen molar-refractivity contribution >= 4 is 0 Å². The second kappa shape index (κ2) is 6.48. The van der Waals surface area contributed by atoms with Crippen molar-refractivity contribution in [2.24, 2.45) is 5.73 Å². The van der Waals surface area contributed by atoms with E-state index in [-0.39, 0.29) is 6.04 Å². The number of pyridine rings is 2. The summed E-state index contributed by atoms with van der Waals surface area (Å²) in [4.78, 5) is 8.82. The molecule has 0 aliphatic carbocycles. The summed E-state index contributed by atoms with van der Waals surface area (Å²) >= 11 is 0. The molecule has 1 unspecified atom stereocenters. The first-order valence-electron chi connectivity index (χ1n) is 6.94. The first-order valence-corrected chi connectivity index (χ1v) is 6.94. The average Bonchev–Trinajstić information content (AvgIpc) is 2.42. The van der Waals surface area contributed by atoms with E-state index in [0.717, 1.165) is 35.5 Å². The molecular formula is C16H21N3O. The Labute approximate surface area is 120 Å². The summed E-state index contributed by atoms with van der Waals surface area (Å²) in [6, 6.07) is 7.87. The molecule has 0 aromatic carbocycles. The summed E-state index contributed by atoms with van der Waals surface area (Å²) in [6.07, 6.45) is 3.30. The molecule has 2 heterocycles. The summed E-state index contributed by atoms with van der Waals surface area (Å²) in [6.45, 7) is 6.02. The minimum atomic E-state index is 0.0725. The number of nitrogens with two attached hydrogens (primary N) is 1. The van der Waals surface area contributed by atoms with Crippen molar-refractivity contribution < 1.29 is 4.74 Å².